The molecule has 37 heavy (non-hydrogen) atoms. The number of ether oxygens (including phenoxy) is 1. The molecule has 2 heterocycles. The van der Waals surface area contributed by atoms with Crippen molar-refractivity contribution in [1.29, 1.82) is 0 Å². The van der Waals surface area contributed by atoms with Gasteiger partial charge in [-0.1, -0.05) is 110 Å². The molecule has 0 radical (unpaired) electrons. The van der Waals surface area contributed by atoms with Gasteiger partial charge in [0.25, 0.3) is 5.56 Å². The summed E-state index contributed by atoms with van der Waals surface area (Å²) in [6.45, 7) is 6.31. The van der Waals surface area contributed by atoms with Gasteiger partial charge in [-0.3, -0.25) is 9.36 Å². The lowest BCUT2D eigenvalue weighted by molar-refractivity contribution is -0.138. The molecule has 5 nitrogen and oxygen atoms in total. The number of esters is 1. The van der Waals surface area contributed by atoms with Crippen LogP contribution in [0.1, 0.15) is 55.0 Å². The highest BCUT2D eigenvalue weighted by molar-refractivity contribution is 7.07. The third-order valence-corrected chi connectivity index (χ3v) is 7.37. The second-order valence-electron chi connectivity index (χ2n) is 9.16. The molecule has 0 N–H and O–H groups in total. The fourth-order valence-electron chi connectivity index (χ4n) is 4.52. The summed E-state index contributed by atoms with van der Waals surface area (Å²) in [7, 11) is 0. The molecular weight excluding hydrogens is 480 g/mol. The first-order valence-corrected chi connectivity index (χ1v) is 13.2. The summed E-state index contributed by atoms with van der Waals surface area (Å²) < 4.78 is 7.69. The second kappa shape index (κ2) is 10.5. The molecule has 0 spiro atoms. The Morgan fingerprint density at radius 3 is 2.27 bits per heavy atom. The van der Waals surface area contributed by atoms with Gasteiger partial charge in [0.2, 0.25) is 0 Å². The van der Waals surface area contributed by atoms with Crippen molar-refractivity contribution in [3.63, 3.8) is 0 Å². The number of benzene rings is 3. The maximum Gasteiger partial charge on any atom is 0.338 e. The Balaban J connectivity index is 1.77. The van der Waals surface area contributed by atoms with E-state index in [-0.39, 0.29) is 12.2 Å². The average Bonchev–Trinajstić information content (AvgIpc) is 3.23. The zero-order valence-corrected chi connectivity index (χ0v) is 21.9. The first-order chi connectivity index (χ1) is 18.0. The van der Waals surface area contributed by atoms with Gasteiger partial charge in [-0.05, 0) is 35.6 Å². The van der Waals surface area contributed by atoms with E-state index in [1.807, 2.05) is 78.9 Å². The Kier molecular flexibility index (Phi) is 7.01. The topological polar surface area (TPSA) is 60.7 Å². The molecule has 1 aliphatic rings. The third kappa shape index (κ3) is 4.85. The van der Waals surface area contributed by atoms with E-state index in [1.165, 1.54) is 16.9 Å². The monoisotopic (exact) mass is 508 g/mol. The van der Waals surface area contributed by atoms with Crippen LogP contribution in [0.5, 0.6) is 0 Å². The summed E-state index contributed by atoms with van der Waals surface area (Å²) in [5.74, 6) is -0.0413. The molecule has 0 saturated heterocycles. The third-order valence-electron chi connectivity index (χ3n) is 6.39. The van der Waals surface area contributed by atoms with Gasteiger partial charge in [0, 0.05) is 5.56 Å². The summed E-state index contributed by atoms with van der Waals surface area (Å²) in [5.41, 5.74) is 4.52. The minimum Gasteiger partial charge on any atom is -0.463 e. The van der Waals surface area contributed by atoms with Crippen molar-refractivity contribution in [2.24, 2.45) is 4.99 Å². The molecule has 1 aromatic heterocycles. The molecule has 0 amide bonds. The van der Waals surface area contributed by atoms with Crippen LogP contribution < -0.4 is 14.9 Å². The van der Waals surface area contributed by atoms with Crippen LogP contribution >= 0.6 is 11.3 Å². The minimum absolute atomic E-state index is 0.181. The molecule has 0 bridgehead atoms. The van der Waals surface area contributed by atoms with Gasteiger partial charge in [-0.15, -0.1) is 0 Å². The Hall–Kier alpha value is -4.03. The lowest BCUT2D eigenvalue weighted by atomic mass is 9.93. The molecule has 3 aromatic carbocycles. The molecular formula is C31H28N2O3S. The normalized spacial score (nSPS) is 15.5. The maximum absolute atomic E-state index is 13.9. The number of carbonyl (C=O) groups excluding carboxylic acids is 1. The number of fused-ring (bicyclic) bond motifs is 1. The van der Waals surface area contributed by atoms with Crippen molar-refractivity contribution in [3.05, 3.63) is 132 Å². The zero-order valence-electron chi connectivity index (χ0n) is 21.0. The first kappa shape index (κ1) is 24.7. The summed E-state index contributed by atoms with van der Waals surface area (Å²) in [6, 6.07) is 26.8. The van der Waals surface area contributed by atoms with Crippen LogP contribution in [-0.2, 0) is 9.53 Å². The van der Waals surface area contributed by atoms with E-state index < -0.39 is 12.0 Å². The van der Waals surface area contributed by atoms with Crippen molar-refractivity contribution >= 4 is 29.1 Å². The standard InChI is InChI=1S/C31H28N2O3S/c1-4-36-30(35)26-27(23-11-7-5-8-12-23)32-31-33(28(26)24-13-9-6-10-14-24)29(34)25(37-31)19-21-15-17-22(18-16-21)20(2)3/h5-20,28H,4H2,1-3H3/b25-19-. The second-order valence-corrected chi connectivity index (χ2v) is 10.2. The van der Waals surface area contributed by atoms with Crippen LogP contribution in [0.4, 0.5) is 0 Å². The number of hydrogen-bond donors (Lipinski definition) is 0. The highest BCUT2D eigenvalue weighted by atomic mass is 32.1. The van der Waals surface area contributed by atoms with Crippen molar-refractivity contribution in [2.45, 2.75) is 32.7 Å². The van der Waals surface area contributed by atoms with E-state index >= 15 is 0 Å². The molecule has 0 aliphatic carbocycles. The van der Waals surface area contributed by atoms with Gasteiger partial charge in [0.15, 0.2) is 4.80 Å². The summed E-state index contributed by atoms with van der Waals surface area (Å²) in [4.78, 5) is 32.7. The quantitative estimate of drug-likeness (QED) is 0.342. The van der Waals surface area contributed by atoms with Crippen LogP contribution in [0, 0.1) is 0 Å². The largest absolute Gasteiger partial charge is 0.463 e. The van der Waals surface area contributed by atoms with Crippen LogP contribution in [0.3, 0.4) is 0 Å². The summed E-state index contributed by atoms with van der Waals surface area (Å²) in [5, 5.41) is 0. The average molecular weight is 509 g/mol. The van der Waals surface area contributed by atoms with E-state index in [0.29, 0.717) is 26.5 Å². The van der Waals surface area contributed by atoms with E-state index in [2.05, 4.69) is 26.0 Å². The van der Waals surface area contributed by atoms with Gasteiger partial charge < -0.3 is 4.74 Å². The smallest absolute Gasteiger partial charge is 0.338 e. The van der Waals surface area contributed by atoms with Crippen molar-refractivity contribution in [3.8, 4) is 0 Å². The molecule has 1 unspecified atom stereocenters. The number of thiazole rings is 1. The number of nitrogens with zero attached hydrogens (tertiary/aromatic N) is 2. The van der Waals surface area contributed by atoms with Gasteiger partial charge in [0.1, 0.15) is 0 Å². The summed E-state index contributed by atoms with van der Waals surface area (Å²) >= 11 is 1.33. The van der Waals surface area contributed by atoms with E-state index in [9.17, 15) is 9.59 Å². The van der Waals surface area contributed by atoms with Crippen molar-refractivity contribution in [1.82, 2.24) is 4.57 Å². The van der Waals surface area contributed by atoms with E-state index in [0.717, 1.165) is 16.7 Å². The molecule has 0 saturated carbocycles. The highest BCUT2D eigenvalue weighted by Crippen LogP contribution is 2.35. The van der Waals surface area contributed by atoms with Gasteiger partial charge in [-0.25, -0.2) is 9.79 Å². The molecule has 6 heteroatoms. The van der Waals surface area contributed by atoms with Crippen molar-refractivity contribution in [2.75, 3.05) is 6.61 Å². The highest BCUT2D eigenvalue weighted by Gasteiger charge is 2.35. The minimum atomic E-state index is -0.655. The first-order valence-electron chi connectivity index (χ1n) is 12.4. The predicted molar refractivity (Wildman–Crippen MR) is 148 cm³/mol. The van der Waals surface area contributed by atoms with Gasteiger partial charge in [0.05, 0.1) is 28.5 Å². The van der Waals surface area contributed by atoms with Crippen LogP contribution in [0.2, 0.25) is 0 Å². The molecule has 1 atom stereocenters. The van der Waals surface area contributed by atoms with Gasteiger partial charge >= 0.3 is 5.97 Å². The number of carbonyl (C=O) groups is 1. The molecule has 4 aromatic rings. The molecule has 186 valence electrons. The van der Waals surface area contributed by atoms with Gasteiger partial charge in [-0.2, -0.15) is 0 Å². The Morgan fingerprint density at radius 1 is 1.00 bits per heavy atom. The fourth-order valence-corrected chi connectivity index (χ4v) is 5.52. The zero-order chi connectivity index (χ0) is 25.9. The molecule has 1 aliphatic heterocycles. The van der Waals surface area contributed by atoms with E-state index in [1.54, 1.807) is 11.5 Å². The van der Waals surface area contributed by atoms with Crippen LogP contribution in [-0.4, -0.2) is 17.1 Å². The Bertz CT molecular complexity index is 1630. The SMILES string of the molecule is CCOC(=O)C1=C(c2ccccc2)N=c2s/c(=C\c3ccc(C(C)C)cc3)c(=O)n2C1c1ccccc1. The van der Waals surface area contributed by atoms with E-state index in [4.69, 9.17) is 9.73 Å². The Labute approximate surface area is 219 Å². The van der Waals surface area contributed by atoms with Crippen LogP contribution in [0.15, 0.2) is 100 Å². The lowest BCUT2D eigenvalue weighted by Gasteiger charge is -2.25. The molecule has 5 rings (SSSR count). The number of rotatable bonds is 6. The number of hydrogen-bond acceptors (Lipinski definition) is 5. The summed E-state index contributed by atoms with van der Waals surface area (Å²) in [6.07, 6.45) is 1.90. The fraction of sp³-hybridized carbons (Fsp3) is 0.194. The van der Waals surface area contributed by atoms with Crippen LogP contribution in [0.25, 0.3) is 11.8 Å². The molecule has 0 fully saturated rings. The lowest BCUT2D eigenvalue weighted by Crippen LogP contribution is -2.39. The maximum atomic E-state index is 13.9. The number of aromatic nitrogens is 1. The van der Waals surface area contributed by atoms with Crippen molar-refractivity contribution < 1.29 is 9.53 Å². The predicted octanol–water partition coefficient (Wildman–Crippen LogP) is 5.06. The Morgan fingerprint density at radius 2 is 1.65 bits per heavy atom.